The summed E-state index contributed by atoms with van der Waals surface area (Å²) in [5, 5.41) is 18.8. The lowest BCUT2D eigenvalue weighted by atomic mass is 10.2. The van der Waals surface area contributed by atoms with Crippen molar-refractivity contribution in [2.24, 2.45) is 0 Å². The molecule has 21 heavy (non-hydrogen) atoms. The summed E-state index contributed by atoms with van der Waals surface area (Å²) in [7, 11) is 0. The van der Waals surface area contributed by atoms with Gasteiger partial charge < -0.3 is 19.6 Å². The lowest BCUT2D eigenvalue weighted by molar-refractivity contribution is 0.470. The summed E-state index contributed by atoms with van der Waals surface area (Å²) in [4.78, 5) is 11.1. The first-order chi connectivity index (χ1) is 9.77. The van der Waals surface area contributed by atoms with Gasteiger partial charge in [0.25, 0.3) is 5.69 Å². The van der Waals surface area contributed by atoms with E-state index in [9.17, 15) is 15.1 Å². The fraction of sp³-hybridized carbons (Fsp3) is 0.143. The molecule has 0 spiro atoms. The summed E-state index contributed by atoms with van der Waals surface area (Å²) in [5.74, 6) is 0.745. The van der Waals surface area contributed by atoms with Gasteiger partial charge in [-0.05, 0) is 84.6 Å². The first-order valence-corrected chi connectivity index (χ1v) is 10.2. The number of hydrogen-bond donors (Lipinski definition) is 3. The van der Waals surface area contributed by atoms with Gasteiger partial charge in [-0.3, -0.25) is 0 Å². The van der Waals surface area contributed by atoms with Crippen LogP contribution in [-0.4, -0.2) is 15.1 Å². The van der Waals surface area contributed by atoms with Gasteiger partial charge in [0.05, 0.1) is 0 Å². The zero-order valence-corrected chi connectivity index (χ0v) is 14.0. The molecule has 2 aromatic rings. The first kappa shape index (κ1) is 16.2. The second kappa shape index (κ2) is 6.28. The Labute approximate surface area is 132 Å². The molecule has 0 amide bonds. The van der Waals surface area contributed by atoms with E-state index < -0.39 is 5.69 Å². The molecule has 0 heterocycles. The van der Waals surface area contributed by atoms with Crippen molar-refractivity contribution in [3.05, 3.63) is 47.5 Å². The smallest absolute Gasteiger partial charge is 0.299 e. The molecule has 0 aliphatic rings. The minimum absolute atomic E-state index is 0.133. The topological polar surface area (TPSA) is 69.9 Å². The monoisotopic (exact) mass is 342 g/mol. The van der Waals surface area contributed by atoms with Crippen molar-refractivity contribution in [1.29, 1.82) is 0 Å². The zero-order valence-electron chi connectivity index (χ0n) is 11.5. The molecule has 0 fully saturated rings. The Bertz CT molecular complexity index is 661. The number of aromatic hydroxyl groups is 2. The van der Waals surface area contributed by atoms with Gasteiger partial charge in [0.2, 0.25) is 0 Å². The van der Waals surface area contributed by atoms with Crippen LogP contribution in [0.4, 0.5) is 0 Å². The summed E-state index contributed by atoms with van der Waals surface area (Å²) < 4.78 is 5.55. The normalized spacial score (nSPS) is 13.7. The van der Waals surface area contributed by atoms with E-state index in [0.717, 1.165) is 21.8 Å². The standard InChI is InChI=1S/C14H15O4PS2/c1-9-7-11(15)3-5-13(9)18-19(17,20)21-14-6-4-12(16)8-10(14)2/h3-8,15-16H,1-2H3,(H,17,20). The van der Waals surface area contributed by atoms with E-state index in [0.29, 0.717) is 11.3 Å². The summed E-state index contributed by atoms with van der Waals surface area (Å²) in [5.41, 5.74) is -1.62. The molecular formula is C14H15O4PS2. The van der Waals surface area contributed by atoms with Crippen molar-refractivity contribution in [2.45, 2.75) is 18.7 Å². The van der Waals surface area contributed by atoms with Crippen LogP contribution in [0.1, 0.15) is 11.1 Å². The molecule has 4 nitrogen and oxygen atoms in total. The molecule has 0 aromatic heterocycles. The number of benzene rings is 2. The van der Waals surface area contributed by atoms with Crippen LogP contribution in [0.2, 0.25) is 0 Å². The van der Waals surface area contributed by atoms with Crippen LogP contribution in [-0.2, 0) is 11.8 Å². The van der Waals surface area contributed by atoms with E-state index in [1.165, 1.54) is 12.1 Å². The Balaban J connectivity index is 2.20. The van der Waals surface area contributed by atoms with Crippen LogP contribution < -0.4 is 4.52 Å². The van der Waals surface area contributed by atoms with Crippen molar-refractivity contribution < 1.29 is 19.6 Å². The SMILES string of the molecule is Cc1cc(O)ccc1OP(O)(=S)Sc1ccc(O)cc1C. The molecule has 112 valence electrons. The van der Waals surface area contributed by atoms with E-state index in [1.807, 2.05) is 6.92 Å². The molecular weight excluding hydrogens is 327 g/mol. The van der Waals surface area contributed by atoms with E-state index in [-0.39, 0.29) is 11.5 Å². The fourth-order valence-electron chi connectivity index (χ4n) is 1.74. The van der Waals surface area contributed by atoms with E-state index in [1.54, 1.807) is 31.2 Å². The van der Waals surface area contributed by atoms with Gasteiger partial charge in [-0.1, -0.05) is 0 Å². The molecule has 2 aromatic carbocycles. The van der Waals surface area contributed by atoms with Gasteiger partial charge in [0.15, 0.2) is 0 Å². The Morgan fingerprint density at radius 1 is 1.00 bits per heavy atom. The van der Waals surface area contributed by atoms with Crippen molar-refractivity contribution in [2.75, 3.05) is 0 Å². The van der Waals surface area contributed by atoms with Gasteiger partial charge in [-0.25, -0.2) is 0 Å². The molecule has 1 unspecified atom stereocenters. The lowest BCUT2D eigenvalue weighted by Gasteiger charge is -2.18. The third kappa shape index (κ3) is 4.38. The fourth-order valence-corrected chi connectivity index (χ4v) is 5.49. The van der Waals surface area contributed by atoms with Gasteiger partial charge in [0.1, 0.15) is 17.2 Å². The highest BCUT2D eigenvalue weighted by molar-refractivity contribution is 8.67. The Hall–Kier alpha value is -1.20. The highest BCUT2D eigenvalue weighted by atomic mass is 32.9. The van der Waals surface area contributed by atoms with Gasteiger partial charge in [-0.2, -0.15) is 0 Å². The van der Waals surface area contributed by atoms with Crippen molar-refractivity contribution in [3.8, 4) is 17.2 Å². The predicted molar refractivity (Wildman–Crippen MR) is 88.7 cm³/mol. The van der Waals surface area contributed by atoms with Gasteiger partial charge >= 0.3 is 0 Å². The molecule has 0 aliphatic carbocycles. The van der Waals surface area contributed by atoms with Crippen LogP contribution in [0.5, 0.6) is 17.2 Å². The number of aryl methyl sites for hydroxylation is 2. The molecule has 0 saturated carbocycles. The highest BCUT2D eigenvalue weighted by Gasteiger charge is 2.20. The van der Waals surface area contributed by atoms with Crippen LogP contribution in [0.25, 0.3) is 0 Å². The van der Waals surface area contributed by atoms with E-state index in [2.05, 4.69) is 0 Å². The summed E-state index contributed by atoms with van der Waals surface area (Å²) in [6.07, 6.45) is 0. The van der Waals surface area contributed by atoms with E-state index in [4.69, 9.17) is 16.3 Å². The van der Waals surface area contributed by atoms with Crippen LogP contribution in [0, 0.1) is 13.8 Å². The number of hydrogen-bond acceptors (Lipinski definition) is 5. The quantitative estimate of drug-likeness (QED) is 0.727. The zero-order chi connectivity index (χ0) is 15.6. The highest BCUT2D eigenvalue weighted by Crippen LogP contribution is 2.60. The maximum atomic E-state index is 10.4. The summed E-state index contributed by atoms with van der Waals surface area (Å²) >= 11 is 6.25. The first-order valence-electron chi connectivity index (χ1n) is 6.08. The molecule has 7 heteroatoms. The van der Waals surface area contributed by atoms with Gasteiger partial charge in [0, 0.05) is 4.90 Å². The Kier molecular flexibility index (Phi) is 4.84. The number of phenolic OH excluding ortho intramolecular Hbond substituents is 2. The van der Waals surface area contributed by atoms with E-state index >= 15 is 0 Å². The number of phenols is 2. The lowest BCUT2D eigenvalue weighted by Crippen LogP contribution is -1.91. The maximum absolute atomic E-state index is 10.4. The average molecular weight is 342 g/mol. The van der Waals surface area contributed by atoms with Crippen molar-refractivity contribution >= 4 is 28.9 Å². The molecule has 0 bridgehead atoms. The minimum atomic E-state index is -3.13. The molecule has 0 aliphatic heterocycles. The molecule has 1 atom stereocenters. The second-order valence-electron chi connectivity index (χ2n) is 4.55. The van der Waals surface area contributed by atoms with Gasteiger partial charge in [-0.15, -0.1) is 0 Å². The van der Waals surface area contributed by atoms with Crippen molar-refractivity contribution in [1.82, 2.24) is 0 Å². The van der Waals surface area contributed by atoms with Crippen LogP contribution in [0.3, 0.4) is 0 Å². The Morgan fingerprint density at radius 2 is 1.57 bits per heavy atom. The predicted octanol–water partition coefficient (Wildman–Crippen LogP) is 4.10. The largest absolute Gasteiger partial charge is 0.508 e. The summed E-state index contributed by atoms with van der Waals surface area (Å²) in [6, 6.07) is 9.43. The Morgan fingerprint density at radius 3 is 2.14 bits per heavy atom. The molecule has 2 rings (SSSR count). The maximum Gasteiger partial charge on any atom is 0.299 e. The number of rotatable bonds is 4. The summed E-state index contributed by atoms with van der Waals surface area (Å²) in [6.45, 7) is 3.59. The minimum Gasteiger partial charge on any atom is -0.508 e. The third-order valence-corrected chi connectivity index (χ3v) is 6.46. The van der Waals surface area contributed by atoms with Crippen LogP contribution >= 0.6 is 17.1 Å². The van der Waals surface area contributed by atoms with Crippen molar-refractivity contribution in [3.63, 3.8) is 0 Å². The average Bonchev–Trinajstić information content (AvgIpc) is 2.36. The molecule has 3 N–H and O–H groups in total. The third-order valence-electron chi connectivity index (χ3n) is 2.74. The van der Waals surface area contributed by atoms with Crippen LogP contribution in [0.15, 0.2) is 41.3 Å². The molecule has 0 saturated heterocycles. The second-order valence-corrected chi connectivity index (χ2v) is 10.5. The molecule has 0 radical (unpaired) electrons.